The maximum atomic E-state index is 14.0. The van der Waals surface area contributed by atoms with Crippen LogP contribution in [0, 0.1) is 11.8 Å². The third kappa shape index (κ3) is 11.5. The molecular formula is C44H59N9O8. The molecule has 2 aromatic carbocycles. The third-order valence-corrected chi connectivity index (χ3v) is 10.2. The van der Waals surface area contributed by atoms with Gasteiger partial charge < -0.3 is 44.6 Å². The summed E-state index contributed by atoms with van der Waals surface area (Å²) in [5, 5.41) is 5.30. The summed E-state index contributed by atoms with van der Waals surface area (Å²) in [5.74, 6) is 0.124. The van der Waals surface area contributed by atoms with Gasteiger partial charge in [0.05, 0.1) is 57.8 Å². The van der Waals surface area contributed by atoms with E-state index in [-0.39, 0.29) is 43.4 Å². The summed E-state index contributed by atoms with van der Waals surface area (Å²) in [7, 11) is 2.51. The number of amides is 5. The van der Waals surface area contributed by atoms with Crippen LogP contribution in [0.4, 0.5) is 14.4 Å². The highest BCUT2D eigenvalue weighted by Crippen LogP contribution is 2.32. The fourth-order valence-corrected chi connectivity index (χ4v) is 6.98. The van der Waals surface area contributed by atoms with E-state index in [0.717, 1.165) is 40.1 Å². The summed E-state index contributed by atoms with van der Waals surface area (Å²) >= 11 is 0. The first-order valence-electron chi connectivity index (χ1n) is 20.5. The lowest BCUT2D eigenvalue weighted by atomic mass is 10.0. The molecule has 17 nitrogen and oxygen atoms in total. The predicted octanol–water partition coefficient (Wildman–Crippen LogP) is 6.71. The highest BCUT2D eigenvalue weighted by Gasteiger charge is 2.43. The zero-order chi connectivity index (χ0) is 44.6. The van der Waals surface area contributed by atoms with Crippen LogP contribution in [0.3, 0.4) is 0 Å². The van der Waals surface area contributed by atoms with Crippen molar-refractivity contribution in [3.63, 3.8) is 0 Å². The number of ether oxygens (including phenoxy) is 3. The Balaban J connectivity index is 1.29. The Hall–Kier alpha value is -6.39. The predicted molar refractivity (Wildman–Crippen MR) is 228 cm³/mol. The van der Waals surface area contributed by atoms with E-state index >= 15 is 0 Å². The van der Waals surface area contributed by atoms with Crippen molar-refractivity contribution in [3.05, 3.63) is 72.6 Å². The highest BCUT2D eigenvalue weighted by molar-refractivity contribution is 5.87. The summed E-state index contributed by atoms with van der Waals surface area (Å²) in [5.41, 5.74) is 4.58. The molecule has 0 saturated carbocycles. The molecule has 4 N–H and O–H groups in total. The fourth-order valence-electron chi connectivity index (χ4n) is 6.98. The van der Waals surface area contributed by atoms with Crippen molar-refractivity contribution in [1.82, 2.24) is 45.3 Å². The topological polar surface area (TPSA) is 204 Å². The first-order chi connectivity index (χ1) is 28.9. The molecule has 1 aliphatic heterocycles. The summed E-state index contributed by atoms with van der Waals surface area (Å²) in [6.45, 7) is 15.6. The summed E-state index contributed by atoms with van der Waals surface area (Å²) in [4.78, 5) is 85.3. The minimum Gasteiger partial charge on any atom is -0.453 e. The number of rotatable bonds is 14. The Morgan fingerprint density at radius 1 is 0.787 bits per heavy atom. The Labute approximate surface area is 356 Å². The van der Waals surface area contributed by atoms with Gasteiger partial charge in [0, 0.05) is 6.54 Å². The van der Waals surface area contributed by atoms with Crippen LogP contribution < -0.4 is 10.6 Å². The zero-order valence-electron chi connectivity index (χ0n) is 36.7. The van der Waals surface area contributed by atoms with E-state index in [1.165, 1.54) is 24.0 Å². The number of hydrogen-bond acceptors (Lipinski definition) is 10. The fraction of sp³-hybridized carbons (Fsp3) is 0.477. The molecule has 2 aromatic heterocycles. The molecule has 1 fully saturated rings. The second-order valence-electron chi connectivity index (χ2n) is 16.7. The van der Waals surface area contributed by atoms with Gasteiger partial charge in [-0.15, -0.1) is 0 Å². The number of methoxy groups -OCH3 is 2. The van der Waals surface area contributed by atoms with Crippen molar-refractivity contribution in [1.29, 1.82) is 0 Å². The van der Waals surface area contributed by atoms with Gasteiger partial charge in [0.2, 0.25) is 11.8 Å². The Bertz CT molecular complexity index is 2140. The van der Waals surface area contributed by atoms with Crippen molar-refractivity contribution in [2.45, 2.75) is 92.1 Å². The number of benzene rings is 2. The molecule has 0 radical (unpaired) electrons. The van der Waals surface area contributed by atoms with Crippen LogP contribution in [-0.2, 0) is 30.3 Å². The summed E-state index contributed by atoms with van der Waals surface area (Å²) < 4.78 is 15.1. The average Bonchev–Trinajstić information content (AvgIpc) is 4.01. The van der Waals surface area contributed by atoms with E-state index < -0.39 is 42.0 Å². The van der Waals surface area contributed by atoms with Gasteiger partial charge in [-0.25, -0.2) is 24.4 Å². The third-order valence-electron chi connectivity index (χ3n) is 10.2. The van der Waals surface area contributed by atoms with Gasteiger partial charge in [0.25, 0.3) is 0 Å². The van der Waals surface area contributed by atoms with E-state index in [0.29, 0.717) is 18.2 Å². The molecule has 3 atom stereocenters. The molecule has 0 spiro atoms. The smallest absolute Gasteiger partial charge is 0.411 e. The van der Waals surface area contributed by atoms with E-state index in [1.54, 1.807) is 38.1 Å². The van der Waals surface area contributed by atoms with E-state index in [2.05, 4.69) is 30.6 Å². The zero-order valence-corrected chi connectivity index (χ0v) is 36.7. The first-order valence-corrected chi connectivity index (χ1v) is 20.5. The number of aromatic nitrogens is 4. The number of carbonyl (C=O) groups excluding carboxylic acids is 5. The Kier molecular flexibility index (Phi) is 14.8. The van der Waals surface area contributed by atoms with Crippen LogP contribution in [0.25, 0.3) is 33.6 Å². The van der Waals surface area contributed by atoms with E-state index in [4.69, 9.17) is 14.2 Å². The lowest BCUT2D eigenvalue weighted by Crippen LogP contribution is -2.51. The highest BCUT2D eigenvalue weighted by atomic mass is 16.6. The SMILES string of the molecule is CCCN(Cc1ncc(-c2ccc(-c3ccc(-c4cnc([C@@H]5CN(C(=O)OC(C)(C)C)CN5C(=O)[C@@H](NC(=O)OC)C(C)C)[nH]4)cc3)cc2)[nH]1)C(=O)[C@@H](NC(=O)OC)C(C)C. The van der Waals surface area contributed by atoms with Gasteiger partial charge in [-0.05, 0) is 61.3 Å². The number of hydrogen-bond donors (Lipinski definition) is 4. The van der Waals surface area contributed by atoms with Crippen LogP contribution in [0.5, 0.6) is 0 Å². The molecule has 0 unspecified atom stereocenters. The minimum atomic E-state index is -0.901. The molecule has 4 aromatic rings. The summed E-state index contributed by atoms with van der Waals surface area (Å²) in [6, 6.07) is 13.8. The van der Waals surface area contributed by atoms with Gasteiger partial charge in [0.1, 0.15) is 35.4 Å². The van der Waals surface area contributed by atoms with E-state index in [1.807, 2.05) is 83.1 Å². The van der Waals surface area contributed by atoms with Crippen molar-refractivity contribution in [2.75, 3.05) is 34.0 Å². The van der Waals surface area contributed by atoms with Gasteiger partial charge >= 0.3 is 18.3 Å². The van der Waals surface area contributed by atoms with Crippen LogP contribution in [0.15, 0.2) is 60.9 Å². The molecule has 328 valence electrons. The first kappa shape index (κ1) is 45.7. The van der Waals surface area contributed by atoms with Gasteiger partial charge in [-0.3, -0.25) is 14.5 Å². The van der Waals surface area contributed by atoms with Crippen molar-refractivity contribution in [3.8, 4) is 33.6 Å². The van der Waals surface area contributed by atoms with Gasteiger partial charge in [-0.2, -0.15) is 0 Å². The second-order valence-corrected chi connectivity index (χ2v) is 16.7. The Morgan fingerprint density at radius 2 is 1.30 bits per heavy atom. The number of imidazole rings is 2. The van der Waals surface area contributed by atoms with Crippen LogP contribution in [0.1, 0.15) is 79.5 Å². The Morgan fingerprint density at radius 3 is 1.80 bits per heavy atom. The molecule has 17 heteroatoms. The molecule has 61 heavy (non-hydrogen) atoms. The molecular weight excluding hydrogens is 783 g/mol. The van der Waals surface area contributed by atoms with Gasteiger partial charge in [0.15, 0.2) is 0 Å². The molecule has 0 aliphatic carbocycles. The maximum absolute atomic E-state index is 14.0. The number of alkyl carbamates (subject to hydrolysis) is 2. The van der Waals surface area contributed by atoms with Crippen molar-refractivity contribution in [2.24, 2.45) is 11.8 Å². The van der Waals surface area contributed by atoms with Gasteiger partial charge in [-0.1, -0.05) is 83.1 Å². The molecule has 0 bridgehead atoms. The van der Waals surface area contributed by atoms with Crippen LogP contribution in [0.2, 0.25) is 0 Å². The van der Waals surface area contributed by atoms with Crippen molar-refractivity contribution >= 4 is 30.1 Å². The number of aromatic amines is 2. The number of nitrogens with zero attached hydrogens (tertiary/aromatic N) is 5. The molecule has 5 rings (SSSR count). The maximum Gasteiger partial charge on any atom is 0.411 e. The molecule has 1 aliphatic rings. The average molecular weight is 842 g/mol. The van der Waals surface area contributed by atoms with E-state index in [9.17, 15) is 24.0 Å². The van der Waals surface area contributed by atoms with Crippen LogP contribution in [-0.4, -0.2) is 116 Å². The normalized spacial score (nSPS) is 15.0. The number of carbonyl (C=O) groups is 5. The molecule has 5 amide bonds. The number of nitrogens with one attached hydrogen (secondary N) is 4. The quantitative estimate of drug-likeness (QED) is 0.0988. The number of H-pyrrole nitrogens is 2. The van der Waals surface area contributed by atoms with Crippen LogP contribution >= 0.6 is 0 Å². The minimum absolute atomic E-state index is 0.0510. The molecule has 1 saturated heterocycles. The molecule has 3 heterocycles. The monoisotopic (exact) mass is 841 g/mol. The largest absolute Gasteiger partial charge is 0.453 e. The lowest BCUT2D eigenvalue weighted by molar-refractivity contribution is -0.136. The second kappa shape index (κ2) is 19.8. The van der Waals surface area contributed by atoms with Crippen molar-refractivity contribution < 1.29 is 38.2 Å². The lowest BCUT2D eigenvalue weighted by Gasteiger charge is -2.29. The standard InChI is InChI=1S/C44H59N9O8/c1-11-20-51(39(54)36(26(2)3)49-41(56)59-9)24-35-45-21-32(47-35)30-16-12-28(13-17-30)29-14-18-31(19-15-29)33-22-46-38(48-33)34-23-52(43(58)61-44(6,7)8)25-53(34)40(55)37(27(4)5)50-42(57)60-10/h12-19,21-22,26-27,34,36-37H,11,20,23-25H2,1-10H3,(H,45,47)(H,46,48)(H,49,56)(H,50,57)/t34-,36-,37-/m0/s1. The summed E-state index contributed by atoms with van der Waals surface area (Å²) in [6.07, 6.45) is 2.24.